The molecule has 1 amide bonds. The number of hydrogen-bond acceptors (Lipinski definition) is 6. The van der Waals surface area contributed by atoms with Crippen LogP contribution >= 0.6 is 0 Å². The Hall–Kier alpha value is -2.30. The third-order valence-electron chi connectivity index (χ3n) is 6.48. The summed E-state index contributed by atoms with van der Waals surface area (Å²) in [7, 11) is -3.17. The zero-order valence-electron chi connectivity index (χ0n) is 20.2. The molecule has 9 heteroatoms. The third-order valence-corrected chi connectivity index (χ3v) is 7.21. The van der Waals surface area contributed by atoms with Gasteiger partial charge in [0.05, 0.1) is 31.9 Å². The summed E-state index contributed by atoms with van der Waals surface area (Å²) in [6.45, 7) is -0.489. The molecule has 1 heterocycles. The molecule has 0 bridgehead atoms. The Morgan fingerprint density at radius 3 is 2.06 bits per heavy atom. The molecule has 0 radical (unpaired) electrons. The number of aliphatic hydroxyl groups is 3. The SMILES string of the molecule is CS(=O)(=O)NCCCc1ccc(N2C(=O)CC2c2ccc(CCCCC(O)(CO)CO)cc2)cc1. The number of nitrogens with zero attached hydrogens (tertiary/aromatic N) is 1. The zero-order valence-corrected chi connectivity index (χ0v) is 21.0. The van der Waals surface area contributed by atoms with E-state index < -0.39 is 28.8 Å². The Morgan fingerprint density at radius 2 is 1.51 bits per heavy atom. The Morgan fingerprint density at radius 1 is 0.943 bits per heavy atom. The number of aryl methyl sites for hydroxylation is 2. The molecule has 0 spiro atoms. The summed E-state index contributed by atoms with van der Waals surface area (Å²) in [6, 6.07) is 16.1. The van der Waals surface area contributed by atoms with Gasteiger partial charge in [0.25, 0.3) is 0 Å². The van der Waals surface area contributed by atoms with E-state index >= 15 is 0 Å². The van der Waals surface area contributed by atoms with Gasteiger partial charge in [-0.3, -0.25) is 4.79 Å². The fraction of sp³-hybridized carbons (Fsp3) is 0.500. The average Bonchev–Trinajstić information content (AvgIpc) is 2.83. The molecule has 0 aromatic heterocycles. The second-order valence-corrected chi connectivity index (χ2v) is 11.2. The number of benzene rings is 2. The standard InChI is InChI=1S/C26H36N2O6S/c1-35(33,34)27-16-4-6-21-9-13-23(14-10-21)28-24(17-25(28)31)22-11-7-20(8-12-22)5-2-3-15-26(32,18-29)19-30/h7-14,24,27,29-30,32H,2-6,15-19H2,1H3. The van der Waals surface area contributed by atoms with Gasteiger partial charge in [-0.2, -0.15) is 0 Å². The number of sulfonamides is 1. The van der Waals surface area contributed by atoms with E-state index in [1.54, 1.807) is 0 Å². The molecule has 192 valence electrons. The molecule has 8 nitrogen and oxygen atoms in total. The van der Waals surface area contributed by atoms with Crippen LogP contribution in [-0.4, -0.2) is 61.3 Å². The summed E-state index contributed by atoms with van der Waals surface area (Å²) >= 11 is 0. The normalized spacial score (nSPS) is 16.4. The van der Waals surface area contributed by atoms with Crippen molar-refractivity contribution >= 4 is 21.6 Å². The molecule has 0 aliphatic carbocycles. The van der Waals surface area contributed by atoms with E-state index in [1.807, 2.05) is 29.2 Å². The number of rotatable bonds is 14. The molecule has 35 heavy (non-hydrogen) atoms. The number of hydrogen-bond donors (Lipinski definition) is 4. The van der Waals surface area contributed by atoms with Crippen molar-refractivity contribution in [3.05, 3.63) is 65.2 Å². The highest BCUT2D eigenvalue weighted by Crippen LogP contribution is 2.39. The van der Waals surface area contributed by atoms with Crippen LogP contribution in [-0.2, 0) is 27.7 Å². The lowest BCUT2D eigenvalue weighted by molar-refractivity contribution is -0.124. The fourth-order valence-corrected chi connectivity index (χ4v) is 4.79. The first-order valence-electron chi connectivity index (χ1n) is 12.0. The van der Waals surface area contributed by atoms with Crippen LogP contribution in [0.2, 0.25) is 0 Å². The Balaban J connectivity index is 1.51. The summed E-state index contributed by atoms with van der Waals surface area (Å²) in [5.74, 6) is 0.0874. The van der Waals surface area contributed by atoms with Crippen molar-refractivity contribution in [3.8, 4) is 0 Å². The lowest BCUT2D eigenvalue weighted by atomic mass is 9.91. The van der Waals surface area contributed by atoms with Crippen LogP contribution in [0.25, 0.3) is 0 Å². The molecule has 1 fully saturated rings. The van der Waals surface area contributed by atoms with Gasteiger partial charge >= 0.3 is 0 Å². The van der Waals surface area contributed by atoms with Crippen LogP contribution in [0, 0.1) is 0 Å². The molecule has 0 saturated carbocycles. The van der Waals surface area contributed by atoms with E-state index in [4.69, 9.17) is 10.2 Å². The molecule has 1 atom stereocenters. The van der Waals surface area contributed by atoms with Crippen molar-refractivity contribution in [2.75, 3.05) is 30.9 Å². The van der Waals surface area contributed by atoms with Crippen molar-refractivity contribution in [1.82, 2.24) is 4.72 Å². The summed E-state index contributed by atoms with van der Waals surface area (Å²) in [6.07, 6.45) is 5.81. The molecule has 1 unspecified atom stereocenters. The number of amides is 1. The summed E-state index contributed by atoms with van der Waals surface area (Å²) in [4.78, 5) is 14.2. The first-order chi connectivity index (χ1) is 16.6. The zero-order chi connectivity index (χ0) is 25.5. The van der Waals surface area contributed by atoms with Crippen molar-refractivity contribution in [2.45, 2.75) is 56.6 Å². The Kier molecular flexibility index (Phi) is 9.43. The molecular weight excluding hydrogens is 468 g/mol. The quantitative estimate of drug-likeness (QED) is 0.230. The van der Waals surface area contributed by atoms with Crippen LogP contribution in [0.1, 0.15) is 54.8 Å². The number of β-lactam (4-membered cyclic amide) rings is 1. The Labute approximate surface area is 207 Å². The molecule has 3 rings (SSSR count). The maximum atomic E-state index is 12.4. The smallest absolute Gasteiger partial charge is 0.230 e. The van der Waals surface area contributed by atoms with Gasteiger partial charge in [0.2, 0.25) is 15.9 Å². The summed E-state index contributed by atoms with van der Waals surface area (Å²) < 4.78 is 24.8. The predicted molar refractivity (Wildman–Crippen MR) is 136 cm³/mol. The van der Waals surface area contributed by atoms with E-state index in [-0.39, 0.29) is 11.9 Å². The number of aliphatic hydroxyl groups excluding tert-OH is 2. The molecule has 4 N–H and O–H groups in total. The van der Waals surface area contributed by atoms with Crippen LogP contribution in [0.15, 0.2) is 48.5 Å². The number of carbonyl (C=O) groups is 1. The van der Waals surface area contributed by atoms with E-state index in [1.165, 1.54) is 0 Å². The number of carbonyl (C=O) groups excluding carboxylic acids is 1. The van der Waals surface area contributed by atoms with Gasteiger partial charge in [0, 0.05) is 12.2 Å². The predicted octanol–water partition coefficient (Wildman–Crippen LogP) is 2.07. The lowest BCUT2D eigenvalue weighted by Gasteiger charge is -2.41. The molecule has 1 aliphatic rings. The molecular formula is C26H36N2O6S. The number of unbranched alkanes of at least 4 members (excludes halogenated alkanes) is 1. The van der Waals surface area contributed by atoms with E-state index in [9.17, 15) is 18.3 Å². The first-order valence-corrected chi connectivity index (χ1v) is 13.9. The number of nitrogens with one attached hydrogen (secondary N) is 1. The van der Waals surface area contributed by atoms with Crippen LogP contribution in [0.3, 0.4) is 0 Å². The second kappa shape index (κ2) is 12.1. The fourth-order valence-electron chi connectivity index (χ4n) is 4.28. The highest BCUT2D eigenvalue weighted by molar-refractivity contribution is 7.88. The second-order valence-electron chi connectivity index (χ2n) is 9.41. The van der Waals surface area contributed by atoms with Crippen molar-refractivity contribution < 1.29 is 28.5 Å². The summed E-state index contributed by atoms with van der Waals surface area (Å²) in [5.41, 5.74) is 2.79. The van der Waals surface area contributed by atoms with Crippen molar-refractivity contribution in [3.63, 3.8) is 0 Å². The van der Waals surface area contributed by atoms with Gasteiger partial charge in [0.1, 0.15) is 5.60 Å². The van der Waals surface area contributed by atoms with Gasteiger partial charge in [-0.15, -0.1) is 0 Å². The largest absolute Gasteiger partial charge is 0.393 e. The molecule has 2 aromatic rings. The van der Waals surface area contributed by atoms with E-state index in [0.29, 0.717) is 32.2 Å². The van der Waals surface area contributed by atoms with Gasteiger partial charge in [0.15, 0.2) is 0 Å². The highest BCUT2D eigenvalue weighted by Gasteiger charge is 2.38. The molecule has 1 aliphatic heterocycles. The van der Waals surface area contributed by atoms with Gasteiger partial charge in [-0.25, -0.2) is 13.1 Å². The minimum atomic E-state index is -3.17. The van der Waals surface area contributed by atoms with Crippen LogP contribution < -0.4 is 9.62 Å². The monoisotopic (exact) mass is 504 g/mol. The first kappa shape index (κ1) is 27.3. The minimum Gasteiger partial charge on any atom is -0.393 e. The summed E-state index contributed by atoms with van der Waals surface area (Å²) in [5, 5.41) is 28.2. The third kappa shape index (κ3) is 7.85. The number of anilines is 1. The van der Waals surface area contributed by atoms with Gasteiger partial charge < -0.3 is 20.2 Å². The van der Waals surface area contributed by atoms with Crippen LogP contribution in [0.4, 0.5) is 5.69 Å². The topological polar surface area (TPSA) is 127 Å². The highest BCUT2D eigenvalue weighted by atomic mass is 32.2. The maximum absolute atomic E-state index is 12.4. The van der Waals surface area contributed by atoms with Crippen molar-refractivity contribution in [2.24, 2.45) is 0 Å². The maximum Gasteiger partial charge on any atom is 0.230 e. The van der Waals surface area contributed by atoms with Gasteiger partial charge in [-0.1, -0.05) is 42.8 Å². The average molecular weight is 505 g/mol. The van der Waals surface area contributed by atoms with Crippen LogP contribution in [0.5, 0.6) is 0 Å². The molecule has 2 aromatic carbocycles. The van der Waals surface area contributed by atoms with Gasteiger partial charge in [-0.05, 0) is 60.9 Å². The molecule has 1 saturated heterocycles. The van der Waals surface area contributed by atoms with Crippen molar-refractivity contribution in [1.29, 1.82) is 0 Å². The minimum absolute atomic E-state index is 0.00507. The Bertz CT molecular complexity index is 1070. The van der Waals surface area contributed by atoms with E-state index in [2.05, 4.69) is 29.0 Å². The lowest BCUT2D eigenvalue weighted by Crippen LogP contribution is -2.46. The van der Waals surface area contributed by atoms with E-state index in [0.717, 1.165) is 47.9 Å².